The van der Waals surface area contributed by atoms with E-state index in [0.29, 0.717) is 5.92 Å². The predicted octanol–water partition coefficient (Wildman–Crippen LogP) is 6.78. The third kappa shape index (κ3) is 4.18. The van der Waals surface area contributed by atoms with E-state index in [2.05, 4.69) is 13.8 Å². The molecule has 5 rings (SSSR count). The van der Waals surface area contributed by atoms with Gasteiger partial charge in [-0.15, -0.1) is 0 Å². The molecular formula is C31H32O2P2. The Morgan fingerprint density at radius 2 is 0.800 bits per heavy atom. The monoisotopic (exact) mass is 498 g/mol. The molecule has 0 N–H and O–H groups in total. The average Bonchev–Trinajstić information content (AvgIpc) is 3.77. The van der Waals surface area contributed by atoms with Gasteiger partial charge in [-0.05, 0) is 24.2 Å². The van der Waals surface area contributed by atoms with Crippen LogP contribution in [-0.2, 0) is 9.13 Å². The largest absolute Gasteiger partial charge is 0.313 e. The van der Waals surface area contributed by atoms with Crippen molar-refractivity contribution in [1.82, 2.24) is 0 Å². The number of hydrogen-bond donors (Lipinski definition) is 0. The van der Waals surface area contributed by atoms with Crippen LogP contribution in [0.15, 0.2) is 121 Å². The molecule has 0 spiro atoms. The van der Waals surface area contributed by atoms with E-state index >= 15 is 9.13 Å². The predicted molar refractivity (Wildman–Crippen MR) is 150 cm³/mol. The van der Waals surface area contributed by atoms with Gasteiger partial charge in [0.1, 0.15) is 0 Å². The molecule has 4 heteroatoms. The molecule has 1 saturated carbocycles. The highest BCUT2D eigenvalue weighted by Gasteiger charge is 2.60. The average molecular weight is 499 g/mol. The summed E-state index contributed by atoms with van der Waals surface area (Å²) in [6.45, 7) is 4.40. The maximum absolute atomic E-state index is 15.9. The van der Waals surface area contributed by atoms with Gasteiger partial charge in [-0.1, -0.05) is 135 Å². The fourth-order valence-corrected chi connectivity index (χ4v) is 15.6. The van der Waals surface area contributed by atoms with Crippen LogP contribution in [0.5, 0.6) is 0 Å². The molecule has 0 aromatic heterocycles. The zero-order valence-electron chi connectivity index (χ0n) is 20.3. The Morgan fingerprint density at radius 3 is 1.03 bits per heavy atom. The van der Waals surface area contributed by atoms with Crippen LogP contribution in [0.25, 0.3) is 0 Å². The van der Waals surface area contributed by atoms with Gasteiger partial charge in [0.2, 0.25) is 0 Å². The molecule has 2 nitrogen and oxygen atoms in total. The second-order valence-electron chi connectivity index (χ2n) is 10.1. The van der Waals surface area contributed by atoms with Gasteiger partial charge in [0.05, 0.1) is 5.40 Å². The first-order valence-electron chi connectivity index (χ1n) is 12.3. The minimum Gasteiger partial charge on any atom is -0.313 e. The van der Waals surface area contributed by atoms with Crippen LogP contribution in [-0.4, -0.2) is 5.40 Å². The molecule has 1 fully saturated rings. The minimum atomic E-state index is -3.39. The lowest BCUT2D eigenvalue weighted by atomic mass is 9.89. The zero-order chi connectivity index (χ0) is 24.5. The number of benzene rings is 4. The van der Waals surface area contributed by atoms with Gasteiger partial charge >= 0.3 is 0 Å². The van der Waals surface area contributed by atoms with E-state index in [1.54, 1.807) is 0 Å². The van der Waals surface area contributed by atoms with Gasteiger partial charge in [-0.2, -0.15) is 0 Å². The van der Waals surface area contributed by atoms with E-state index in [1.807, 2.05) is 121 Å². The van der Waals surface area contributed by atoms with Crippen LogP contribution < -0.4 is 21.2 Å². The SMILES string of the molecule is CC(C)(C1CC1)C(P(=O)(c1ccccc1)c1ccccc1)P(=O)(c1ccccc1)c1ccccc1. The Morgan fingerprint density at radius 1 is 0.543 bits per heavy atom. The molecule has 0 atom stereocenters. The fraction of sp³-hybridized carbons (Fsp3) is 0.226. The van der Waals surface area contributed by atoms with E-state index < -0.39 is 25.1 Å². The Bertz CT molecular complexity index is 1180. The highest BCUT2D eigenvalue weighted by molar-refractivity contribution is 7.95. The number of rotatable bonds is 8. The van der Waals surface area contributed by atoms with Crippen LogP contribution in [0.2, 0.25) is 0 Å². The quantitative estimate of drug-likeness (QED) is 0.251. The summed E-state index contributed by atoms with van der Waals surface area (Å²) in [6, 6.07) is 39.1. The number of hydrogen-bond acceptors (Lipinski definition) is 2. The first-order chi connectivity index (χ1) is 16.9. The summed E-state index contributed by atoms with van der Waals surface area (Å²) in [5, 5.41) is 2.52. The molecule has 0 heterocycles. The lowest BCUT2D eigenvalue weighted by Crippen LogP contribution is -2.42. The highest BCUT2D eigenvalue weighted by atomic mass is 31.2. The molecule has 1 aliphatic rings. The third-order valence-electron chi connectivity index (χ3n) is 7.54. The van der Waals surface area contributed by atoms with Crippen molar-refractivity contribution in [2.75, 3.05) is 0 Å². The molecular weight excluding hydrogens is 466 g/mol. The smallest absolute Gasteiger partial charge is 0.154 e. The minimum absolute atomic E-state index is 0.383. The molecule has 0 bridgehead atoms. The maximum Gasteiger partial charge on any atom is 0.154 e. The normalized spacial score (nSPS) is 14.7. The van der Waals surface area contributed by atoms with Crippen LogP contribution >= 0.6 is 14.3 Å². The summed E-state index contributed by atoms with van der Waals surface area (Å²) in [5.41, 5.74) is -0.414. The molecule has 35 heavy (non-hydrogen) atoms. The van der Waals surface area contributed by atoms with Crippen molar-refractivity contribution in [2.45, 2.75) is 32.1 Å². The summed E-state index contributed by atoms with van der Waals surface area (Å²) in [5.74, 6) is 0.383. The van der Waals surface area contributed by atoms with E-state index in [-0.39, 0.29) is 0 Å². The summed E-state index contributed by atoms with van der Waals surface area (Å²) < 4.78 is 31.8. The lowest BCUT2D eigenvalue weighted by Gasteiger charge is -2.45. The third-order valence-corrected chi connectivity index (χ3v) is 16.5. The molecule has 0 radical (unpaired) electrons. The fourth-order valence-electron chi connectivity index (χ4n) is 5.67. The zero-order valence-corrected chi connectivity index (χ0v) is 22.1. The molecule has 0 unspecified atom stereocenters. The van der Waals surface area contributed by atoms with E-state index in [0.717, 1.165) is 34.1 Å². The molecule has 0 aliphatic heterocycles. The van der Waals surface area contributed by atoms with Crippen LogP contribution in [0, 0.1) is 11.3 Å². The Hall–Kier alpha value is -2.66. The van der Waals surface area contributed by atoms with Gasteiger partial charge in [0, 0.05) is 21.2 Å². The maximum atomic E-state index is 15.9. The summed E-state index contributed by atoms with van der Waals surface area (Å²) in [4.78, 5) is 0. The molecule has 4 aromatic carbocycles. The van der Waals surface area contributed by atoms with Crippen molar-refractivity contribution in [1.29, 1.82) is 0 Å². The van der Waals surface area contributed by atoms with E-state index in [4.69, 9.17) is 0 Å². The van der Waals surface area contributed by atoms with Crippen molar-refractivity contribution in [3.63, 3.8) is 0 Å². The van der Waals surface area contributed by atoms with Crippen molar-refractivity contribution < 1.29 is 9.13 Å². The van der Waals surface area contributed by atoms with Gasteiger partial charge in [-0.25, -0.2) is 0 Å². The van der Waals surface area contributed by atoms with E-state index in [9.17, 15) is 0 Å². The summed E-state index contributed by atoms with van der Waals surface area (Å²) >= 11 is 0. The summed E-state index contributed by atoms with van der Waals surface area (Å²) in [6.07, 6.45) is 2.16. The Labute approximate surface area is 209 Å². The second kappa shape index (κ2) is 9.42. The summed E-state index contributed by atoms with van der Waals surface area (Å²) in [7, 11) is -6.77. The Balaban J connectivity index is 1.90. The second-order valence-corrected chi connectivity index (χ2v) is 16.3. The first kappa shape index (κ1) is 24.1. The van der Waals surface area contributed by atoms with Crippen molar-refractivity contribution in [2.24, 2.45) is 11.3 Å². The van der Waals surface area contributed by atoms with Crippen molar-refractivity contribution >= 4 is 35.5 Å². The Kier molecular flexibility index (Phi) is 6.47. The topological polar surface area (TPSA) is 34.1 Å². The lowest BCUT2D eigenvalue weighted by molar-refractivity contribution is 0.329. The van der Waals surface area contributed by atoms with Crippen LogP contribution in [0.4, 0.5) is 0 Å². The standard InChI is InChI=1S/C31H32O2P2/c1-31(2,25-23-24-25)30(34(32,26-15-7-3-8-16-26)27-17-9-4-10-18-27)35(33,28-19-11-5-12-20-28)29-21-13-6-14-22-29/h3-22,25,30H,23-24H2,1-2H3. The first-order valence-corrected chi connectivity index (χ1v) is 15.9. The van der Waals surface area contributed by atoms with Gasteiger partial charge in [-0.3, -0.25) is 0 Å². The van der Waals surface area contributed by atoms with Gasteiger partial charge < -0.3 is 9.13 Å². The van der Waals surface area contributed by atoms with Crippen LogP contribution in [0.3, 0.4) is 0 Å². The van der Waals surface area contributed by atoms with Gasteiger partial charge in [0.25, 0.3) is 0 Å². The molecule has 1 aliphatic carbocycles. The van der Waals surface area contributed by atoms with Crippen LogP contribution in [0.1, 0.15) is 26.7 Å². The highest BCUT2D eigenvalue weighted by Crippen LogP contribution is 2.74. The van der Waals surface area contributed by atoms with Crippen molar-refractivity contribution in [3.05, 3.63) is 121 Å². The van der Waals surface area contributed by atoms with E-state index in [1.165, 1.54) is 0 Å². The molecule has 0 amide bonds. The molecule has 0 saturated heterocycles. The van der Waals surface area contributed by atoms with Crippen molar-refractivity contribution in [3.8, 4) is 0 Å². The van der Waals surface area contributed by atoms with Gasteiger partial charge in [0.15, 0.2) is 14.3 Å². The molecule has 4 aromatic rings. The molecule has 178 valence electrons.